The van der Waals surface area contributed by atoms with Crippen molar-refractivity contribution >= 4 is 11.6 Å². The Labute approximate surface area is 112 Å². The van der Waals surface area contributed by atoms with E-state index in [0.717, 1.165) is 11.8 Å². The Morgan fingerprint density at radius 1 is 1.37 bits per heavy atom. The zero-order chi connectivity index (χ0) is 13.4. The summed E-state index contributed by atoms with van der Waals surface area (Å²) in [5, 5.41) is 2.91. The number of carbonyl (C=O) groups excluding carboxylic acids is 1. The van der Waals surface area contributed by atoms with E-state index >= 15 is 0 Å². The van der Waals surface area contributed by atoms with E-state index < -0.39 is 5.82 Å². The number of hydrogen-bond donors (Lipinski definition) is 2. The largest absolute Gasteiger partial charge is 0.398 e. The maximum atomic E-state index is 13.1. The van der Waals surface area contributed by atoms with Gasteiger partial charge in [-0.3, -0.25) is 4.79 Å². The van der Waals surface area contributed by atoms with Gasteiger partial charge in [-0.15, -0.1) is 0 Å². The van der Waals surface area contributed by atoms with Gasteiger partial charge in [-0.25, -0.2) is 4.39 Å². The molecule has 0 saturated heterocycles. The van der Waals surface area contributed by atoms with Gasteiger partial charge >= 0.3 is 0 Å². The lowest BCUT2D eigenvalue weighted by Gasteiger charge is -2.22. The predicted octanol–water partition coefficient (Wildman–Crippen LogP) is 2.57. The average molecular weight is 262 g/mol. The fourth-order valence-electron chi connectivity index (χ4n) is 3.67. The molecule has 2 saturated carbocycles. The van der Waals surface area contributed by atoms with Crippen LogP contribution in [-0.2, 0) is 0 Å². The first kappa shape index (κ1) is 12.5. The Bertz CT molecular complexity index is 503. The van der Waals surface area contributed by atoms with Crippen LogP contribution < -0.4 is 11.1 Å². The van der Waals surface area contributed by atoms with Crippen molar-refractivity contribution in [1.29, 1.82) is 0 Å². The second kappa shape index (κ2) is 4.83. The van der Waals surface area contributed by atoms with Crippen LogP contribution in [0.25, 0.3) is 0 Å². The van der Waals surface area contributed by atoms with Gasteiger partial charge in [0, 0.05) is 12.2 Å². The Morgan fingerprint density at radius 3 is 2.89 bits per heavy atom. The standard InChI is InChI=1S/C15H19FN2O/c16-12-3-4-14(17)13(7-12)15(19)18-8-11-6-9-1-2-10(11)5-9/h3-4,7,9-11H,1-2,5-6,8,17H2,(H,18,19). The Balaban J connectivity index is 1.61. The number of carbonyl (C=O) groups is 1. The van der Waals surface area contributed by atoms with E-state index in [1.807, 2.05) is 0 Å². The summed E-state index contributed by atoms with van der Waals surface area (Å²) in [6.45, 7) is 0.690. The van der Waals surface area contributed by atoms with Crippen molar-refractivity contribution in [3.05, 3.63) is 29.6 Å². The van der Waals surface area contributed by atoms with Gasteiger partial charge in [0.15, 0.2) is 0 Å². The molecule has 1 aromatic carbocycles. The third-order valence-electron chi connectivity index (χ3n) is 4.67. The summed E-state index contributed by atoms with van der Waals surface area (Å²) < 4.78 is 13.1. The zero-order valence-corrected chi connectivity index (χ0v) is 10.9. The lowest BCUT2D eigenvalue weighted by atomic mass is 9.89. The van der Waals surface area contributed by atoms with Crippen LogP contribution in [0.2, 0.25) is 0 Å². The summed E-state index contributed by atoms with van der Waals surface area (Å²) >= 11 is 0. The number of hydrogen-bond acceptors (Lipinski definition) is 2. The van der Waals surface area contributed by atoms with E-state index in [1.165, 1.54) is 43.9 Å². The SMILES string of the molecule is Nc1ccc(F)cc1C(=O)NCC1CC2CCC1C2. The maximum Gasteiger partial charge on any atom is 0.253 e. The maximum absolute atomic E-state index is 13.1. The Hall–Kier alpha value is -1.58. The normalized spacial score (nSPS) is 28.6. The predicted molar refractivity (Wildman–Crippen MR) is 72.1 cm³/mol. The van der Waals surface area contributed by atoms with E-state index in [1.54, 1.807) is 0 Å². The number of nitrogens with two attached hydrogens (primary N) is 1. The van der Waals surface area contributed by atoms with Crippen molar-refractivity contribution in [2.75, 3.05) is 12.3 Å². The summed E-state index contributed by atoms with van der Waals surface area (Å²) in [6, 6.07) is 3.90. The van der Waals surface area contributed by atoms with Crippen molar-refractivity contribution in [3.8, 4) is 0 Å². The minimum atomic E-state index is -0.431. The molecule has 0 aromatic heterocycles. The van der Waals surface area contributed by atoms with Crippen LogP contribution in [0.5, 0.6) is 0 Å². The molecule has 0 aliphatic heterocycles. The van der Waals surface area contributed by atoms with E-state index in [4.69, 9.17) is 5.73 Å². The average Bonchev–Trinajstić information content (AvgIpc) is 3.01. The van der Waals surface area contributed by atoms with Gasteiger partial charge in [0.2, 0.25) is 0 Å². The van der Waals surface area contributed by atoms with Crippen LogP contribution in [0.15, 0.2) is 18.2 Å². The molecule has 3 nitrogen and oxygen atoms in total. The molecule has 3 unspecified atom stereocenters. The molecule has 19 heavy (non-hydrogen) atoms. The van der Waals surface area contributed by atoms with E-state index in [2.05, 4.69) is 5.32 Å². The summed E-state index contributed by atoms with van der Waals surface area (Å²) in [5.74, 6) is 1.54. The van der Waals surface area contributed by atoms with Crippen molar-refractivity contribution < 1.29 is 9.18 Å². The fourth-order valence-corrected chi connectivity index (χ4v) is 3.67. The molecular formula is C15H19FN2O. The van der Waals surface area contributed by atoms with Gasteiger partial charge in [-0.2, -0.15) is 0 Å². The van der Waals surface area contributed by atoms with Gasteiger partial charge in [0.25, 0.3) is 5.91 Å². The van der Waals surface area contributed by atoms with Crippen molar-refractivity contribution in [3.63, 3.8) is 0 Å². The number of nitrogen functional groups attached to an aromatic ring is 1. The van der Waals surface area contributed by atoms with Crippen molar-refractivity contribution in [2.24, 2.45) is 17.8 Å². The highest BCUT2D eigenvalue weighted by atomic mass is 19.1. The van der Waals surface area contributed by atoms with Crippen LogP contribution in [0, 0.1) is 23.6 Å². The molecule has 3 rings (SSSR count). The summed E-state index contributed by atoms with van der Waals surface area (Å²) in [4.78, 5) is 12.0. The minimum Gasteiger partial charge on any atom is -0.398 e. The number of nitrogens with one attached hydrogen (secondary N) is 1. The second-order valence-electron chi connectivity index (χ2n) is 5.88. The highest BCUT2D eigenvalue weighted by Crippen LogP contribution is 2.47. The minimum absolute atomic E-state index is 0.239. The van der Waals surface area contributed by atoms with Gasteiger partial charge in [-0.05, 0) is 55.2 Å². The molecule has 2 bridgehead atoms. The number of anilines is 1. The molecule has 2 fully saturated rings. The third kappa shape index (κ3) is 2.44. The summed E-state index contributed by atoms with van der Waals surface area (Å²) in [7, 11) is 0. The van der Waals surface area contributed by atoms with Crippen LogP contribution in [-0.4, -0.2) is 12.5 Å². The van der Waals surface area contributed by atoms with E-state index in [9.17, 15) is 9.18 Å². The third-order valence-corrected chi connectivity index (χ3v) is 4.67. The molecule has 2 aliphatic rings. The van der Waals surface area contributed by atoms with Crippen LogP contribution in [0.4, 0.5) is 10.1 Å². The highest BCUT2D eigenvalue weighted by molar-refractivity contribution is 5.99. The summed E-state index contributed by atoms with van der Waals surface area (Å²) in [6.07, 6.45) is 5.20. The van der Waals surface area contributed by atoms with Crippen LogP contribution in [0.1, 0.15) is 36.0 Å². The molecule has 1 amide bonds. The summed E-state index contributed by atoms with van der Waals surface area (Å²) in [5.41, 5.74) is 6.27. The highest BCUT2D eigenvalue weighted by Gasteiger charge is 2.39. The first-order valence-corrected chi connectivity index (χ1v) is 6.96. The smallest absolute Gasteiger partial charge is 0.253 e. The van der Waals surface area contributed by atoms with Crippen LogP contribution in [0.3, 0.4) is 0 Å². The Kier molecular flexibility index (Phi) is 3.17. The first-order valence-electron chi connectivity index (χ1n) is 6.96. The van der Waals surface area contributed by atoms with Gasteiger partial charge < -0.3 is 11.1 Å². The molecule has 0 radical (unpaired) electrons. The number of halogens is 1. The van der Waals surface area contributed by atoms with E-state index in [0.29, 0.717) is 18.2 Å². The van der Waals surface area contributed by atoms with Crippen molar-refractivity contribution in [2.45, 2.75) is 25.7 Å². The number of rotatable bonds is 3. The zero-order valence-electron chi connectivity index (χ0n) is 10.9. The quantitative estimate of drug-likeness (QED) is 0.823. The molecule has 102 valence electrons. The van der Waals surface area contributed by atoms with Gasteiger partial charge in [-0.1, -0.05) is 6.42 Å². The molecule has 4 heteroatoms. The Morgan fingerprint density at radius 2 is 2.21 bits per heavy atom. The van der Waals surface area contributed by atoms with Gasteiger partial charge in [0.05, 0.1) is 5.56 Å². The molecule has 3 N–H and O–H groups in total. The monoisotopic (exact) mass is 262 g/mol. The second-order valence-corrected chi connectivity index (χ2v) is 5.88. The lowest BCUT2D eigenvalue weighted by Crippen LogP contribution is -2.32. The molecular weight excluding hydrogens is 243 g/mol. The molecule has 1 aromatic rings. The lowest BCUT2D eigenvalue weighted by molar-refractivity contribution is 0.0942. The van der Waals surface area contributed by atoms with Gasteiger partial charge in [0.1, 0.15) is 5.82 Å². The molecule has 2 aliphatic carbocycles. The topological polar surface area (TPSA) is 55.1 Å². The van der Waals surface area contributed by atoms with Crippen molar-refractivity contribution in [1.82, 2.24) is 5.32 Å². The molecule has 0 heterocycles. The molecule has 3 atom stereocenters. The fraction of sp³-hybridized carbons (Fsp3) is 0.533. The number of fused-ring (bicyclic) bond motifs is 2. The van der Waals surface area contributed by atoms with Crippen LogP contribution >= 0.6 is 0 Å². The number of amides is 1. The van der Waals surface area contributed by atoms with E-state index in [-0.39, 0.29) is 11.5 Å². The number of benzene rings is 1. The first-order chi connectivity index (χ1) is 9.13. The molecule has 0 spiro atoms.